The molecule has 0 saturated heterocycles. The summed E-state index contributed by atoms with van der Waals surface area (Å²) in [6, 6.07) is 16.1. The van der Waals surface area contributed by atoms with Gasteiger partial charge in [0.15, 0.2) is 0 Å². The van der Waals surface area contributed by atoms with Gasteiger partial charge in [-0.25, -0.2) is 8.42 Å². The van der Waals surface area contributed by atoms with E-state index in [4.69, 9.17) is 4.74 Å². The zero-order valence-electron chi connectivity index (χ0n) is 21.8. The summed E-state index contributed by atoms with van der Waals surface area (Å²) in [5.41, 5.74) is 1.51. The van der Waals surface area contributed by atoms with Gasteiger partial charge in [-0.15, -0.1) is 0 Å². The Kier molecular flexibility index (Phi) is 11.7. The predicted molar refractivity (Wildman–Crippen MR) is 144 cm³/mol. The number of hydrogen-bond donors (Lipinski definition) is 1. The molecule has 0 aliphatic carbocycles. The number of nitrogens with one attached hydrogen (secondary N) is 1. The smallest absolute Gasteiger partial charge is 0.242 e. The van der Waals surface area contributed by atoms with E-state index in [1.54, 1.807) is 36.1 Å². The van der Waals surface area contributed by atoms with Crippen LogP contribution in [0.5, 0.6) is 5.75 Å². The first-order valence-corrected chi connectivity index (χ1v) is 14.3. The summed E-state index contributed by atoms with van der Waals surface area (Å²) >= 11 is 0. The van der Waals surface area contributed by atoms with Gasteiger partial charge < -0.3 is 15.0 Å². The van der Waals surface area contributed by atoms with Crippen molar-refractivity contribution in [2.75, 3.05) is 37.3 Å². The Bertz CT molecular complexity index is 1080. The van der Waals surface area contributed by atoms with Crippen LogP contribution in [0.25, 0.3) is 0 Å². The first kappa shape index (κ1) is 29.2. The highest BCUT2D eigenvalue weighted by atomic mass is 32.2. The van der Waals surface area contributed by atoms with Crippen LogP contribution in [0, 0.1) is 0 Å². The number of hydrogen-bond acceptors (Lipinski definition) is 5. The monoisotopic (exact) mass is 517 g/mol. The minimum absolute atomic E-state index is 0.114. The quantitative estimate of drug-likeness (QED) is 0.364. The largest absolute Gasteiger partial charge is 0.495 e. The Labute approximate surface area is 215 Å². The van der Waals surface area contributed by atoms with Crippen LogP contribution in [0.4, 0.5) is 5.69 Å². The number of ether oxygens (including phenoxy) is 1. The van der Waals surface area contributed by atoms with E-state index in [-0.39, 0.29) is 24.8 Å². The van der Waals surface area contributed by atoms with Crippen molar-refractivity contribution in [3.05, 3.63) is 60.2 Å². The summed E-state index contributed by atoms with van der Waals surface area (Å²) in [7, 11) is -2.11. The molecule has 9 heteroatoms. The van der Waals surface area contributed by atoms with Gasteiger partial charge in [-0.2, -0.15) is 0 Å². The van der Waals surface area contributed by atoms with Gasteiger partial charge in [0.1, 0.15) is 11.8 Å². The summed E-state index contributed by atoms with van der Waals surface area (Å²) in [4.78, 5) is 27.6. The average Bonchev–Trinajstić information content (AvgIpc) is 2.86. The number of unbranched alkanes of at least 4 members (excludes halogenated alkanes) is 1. The van der Waals surface area contributed by atoms with E-state index >= 15 is 0 Å². The molecular formula is C27H39N3O5S. The van der Waals surface area contributed by atoms with E-state index in [9.17, 15) is 18.0 Å². The first-order valence-electron chi connectivity index (χ1n) is 12.4. The number of methoxy groups -OCH3 is 1. The van der Waals surface area contributed by atoms with Gasteiger partial charge in [-0.3, -0.25) is 13.9 Å². The molecule has 2 aromatic carbocycles. The highest BCUT2D eigenvalue weighted by Gasteiger charge is 2.26. The molecule has 0 radical (unpaired) electrons. The topological polar surface area (TPSA) is 96.0 Å². The van der Waals surface area contributed by atoms with Gasteiger partial charge in [0, 0.05) is 26.1 Å². The molecule has 2 amide bonds. The Balaban J connectivity index is 2.11. The van der Waals surface area contributed by atoms with Crippen molar-refractivity contribution >= 4 is 27.5 Å². The van der Waals surface area contributed by atoms with E-state index in [1.165, 1.54) is 11.4 Å². The molecule has 0 aliphatic heterocycles. The van der Waals surface area contributed by atoms with Crippen molar-refractivity contribution < 1.29 is 22.7 Å². The lowest BCUT2D eigenvalue weighted by atomic mass is 10.1. The van der Waals surface area contributed by atoms with Gasteiger partial charge in [-0.05, 0) is 43.9 Å². The van der Waals surface area contributed by atoms with Gasteiger partial charge in [-0.1, -0.05) is 55.8 Å². The number of para-hydroxylation sites is 2. The fraction of sp³-hybridized carbons (Fsp3) is 0.481. The van der Waals surface area contributed by atoms with Crippen molar-refractivity contribution in [2.24, 2.45) is 0 Å². The minimum atomic E-state index is -3.59. The molecule has 0 saturated carbocycles. The van der Waals surface area contributed by atoms with Gasteiger partial charge >= 0.3 is 0 Å². The Morgan fingerprint density at radius 3 is 2.31 bits per heavy atom. The summed E-state index contributed by atoms with van der Waals surface area (Å²) < 4.78 is 31.6. The van der Waals surface area contributed by atoms with Crippen LogP contribution in [-0.4, -0.2) is 64.2 Å². The third kappa shape index (κ3) is 8.86. The Morgan fingerprint density at radius 1 is 1.00 bits per heavy atom. The maximum Gasteiger partial charge on any atom is 0.242 e. The summed E-state index contributed by atoms with van der Waals surface area (Å²) in [5, 5.41) is 2.91. The number of amides is 2. The first-order chi connectivity index (χ1) is 17.2. The lowest BCUT2D eigenvalue weighted by Gasteiger charge is -2.29. The van der Waals surface area contributed by atoms with E-state index in [1.807, 2.05) is 30.3 Å². The normalized spacial score (nSPS) is 12.0. The summed E-state index contributed by atoms with van der Waals surface area (Å²) in [5.74, 6) is 0.0744. The highest BCUT2D eigenvalue weighted by molar-refractivity contribution is 7.92. The molecular weight excluding hydrogens is 478 g/mol. The number of carbonyl (C=O) groups is 2. The summed E-state index contributed by atoms with van der Waals surface area (Å²) in [6.07, 6.45) is 4.01. The van der Waals surface area contributed by atoms with Crippen LogP contribution in [0.15, 0.2) is 54.6 Å². The second kappa shape index (κ2) is 14.5. The predicted octanol–water partition coefficient (Wildman–Crippen LogP) is 3.62. The maximum atomic E-state index is 13.3. The number of nitrogens with zero attached hydrogens (tertiary/aromatic N) is 2. The van der Waals surface area contributed by atoms with Crippen molar-refractivity contribution in [1.82, 2.24) is 10.2 Å². The molecule has 0 spiro atoms. The molecule has 0 aromatic heterocycles. The molecule has 0 bridgehead atoms. The number of carbonyl (C=O) groups excluding carboxylic acids is 2. The molecule has 0 heterocycles. The molecule has 2 rings (SSSR count). The molecule has 0 unspecified atom stereocenters. The van der Waals surface area contributed by atoms with Crippen LogP contribution < -0.4 is 14.4 Å². The van der Waals surface area contributed by atoms with Crippen LogP contribution in [0.2, 0.25) is 0 Å². The Morgan fingerprint density at radius 2 is 1.67 bits per heavy atom. The third-order valence-electron chi connectivity index (χ3n) is 5.99. The molecule has 198 valence electrons. The van der Waals surface area contributed by atoms with Crippen LogP contribution in [0.3, 0.4) is 0 Å². The van der Waals surface area contributed by atoms with E-state index in [2.05, 4.69) is 12.2 Å². The van der Waals surface area contributed by atoms with Crippen molar-refractivity contribution in [3.63, 3.8) is 0 Å². The fourth-order valence-corrected chi connectivity index (χ4v) is 4.89. The SMILES string of the molecule is CCCCNC(=O)[C@H](C)N(CCc1ccccc1)C(=O)CCCN(c1ccccc1OC)S(C)(=O)=O. The van der Waals surface area contributed by atoms with Crippen LogP contribution in [0.1, 0.15) is 45.1 Å². The van der Waals surface area contributed by atoms with Gasteiger partial charge in [0.25, 0.3) is 0 Å². The zero-order valence-corrected chi connectivity index (χ0v) is 22.6. The van der Waals surface area contributed by atoms with Crippen LogP contribution >= 0.6 is 0 Å². The number of rotatable bonds is 15. The zero-order chi connectivity index (χ0) is 26.6. The average molecular weight is 518 g/mol. The van der Waals surface area contributed by atoms with Crippen LogP contribution in [-0.2, 0) is 26.0 Å². The highest BCUT2D eigenvalue weighted by Crippen LogP contribution is 2.29. The Hall–Kier alpha value is -3.07. The molecule has 8 nitrogen and oxygen atoms in total. The van der Waals surface area contributed by atoms with Gasteiger partial charge in [0.2, 0.25) is 21.8 Å². The van der Waals surface area contributed by atoms with E-state index < -0.39 is 16.1 Å². The number of sulfonamides is 1. The maximum absolute atomic E-state index is 13.3. The molecule has 1 atom stereocenters. The van der Waals surface area contributed by atoms with Gasteiger partial charge in [0.05, 0.1) is 19.1 Å². The lowest BCUT2D eigenvalue weighted by Crippen LogP contribution is -2.49. The van der Waals surface area contributed by atoms with E-state index in [0.29, 0.717) is 37.4 Å². The van der Waals surface area contributed by atoms with E-state index in [0.717, 1.165) is 24.7 Å². The lowest BCUT2D eigenvalue weighted by molar-refractivity contribution is -0.139. The molecule has 0 aliphatic rings. The number of benzene rings is 2. The van der Waals surface area contributed by atoms with Crippen molar-refractivity contribution in [2.45, 2.75) is 52.0 Å². The minimum Gasteiger partial charge on any atom is -0.495 e. The van der Waals surface area contributed by atoms with Crippen molar-refractivity contribution in [3.8, 4) is 5.75 Å². The molecule has 36 heavy (non-hydrogen) atoms. The second-order valence-electron chi connectivity index (χ2n) is 8.75. The fourth-order valence-electron chi connectivity index (χ4n) is 3.92. The standard InChI is InChI=1S/C27H39N3O5S/c1-5-6-19-28-27(32)22(2)29(21-18-23-13-8-7-9-14-23)26(31)17-12-20-30(36(4,33)34)24-15-10-11-16-25(24)35-3/h7-11,13-16,22H,5-6,12,17-21H2,1-4H3,(H,28,32)/t22-/m0/s1. The second-order valence-corrected chi connectivity index (χ2v) is 10.7. The number of anilines is 1. The summed E-state index contributed by atoms with van der Waals surface area (Å²) in [6.45, 7) is 4.88. The third-order valence-corrected chi connectivity index (χ3v) is 7.17. The van der Waals surface area contributed by atoms with Crippen molar-refractivity contribution in [1.29, 1.82) is 0 Å². The molecule has 2 aromatic rings. The molecule has 1 N–H and O–H groups in total. The molecule has 0 fully saturated rings.